The first-order chi connectivity index (χ1) is 14.7. The van der Waals surface area contributed by atoms with Crippen LogP contribution in [0.15, 0.2) is 47.1 Å². The maximum atomic E-state index is 12.4. The Morgan fingerprint density at radius 1 is 1.10 bits per heavy atom. The molecule has 0 aliphatic carbocycles. The third-order valence-corrected chi connectivity index (χ3v) is 5.01. The first-order valence-corrected chi connectivity index (χ1v) is 9.62. The van der Waals surface area contributed by atoms with Gasteiger partial charge >= 0.3 is 6.36 Å². The van der Waals surface area contributed by atoms with Gasteiger partial charge in [-0.3, -0.25) is 0 Å². The Kier molecular flexibility index (Phi) is 5.63. The van der Waals surface area contributed by atoms with Gasteiger partial charge in [0.15, 0.2) is 0 Å². The van der Waals surface area contributed by atoms with E-state index in [1.807, 2.05) is 10.6 Å². The summed E-state index contributed by atoms with van der Waals surface area (Å²) in [5.74, 6) is -0.192. The van der Waals surface area contributed by atoms with Gasteiger partial charge in [-0.15, -0.1) is 13.2 Å². The number of carbonyl (C=O) groups excluding carboxylic acids is 1. The van der Waals surface area contributed by atoms with Crippen LogP contribution in [0.3, 0.4) is 0 Å². The smallest absolute Gasteiger partial charge is 0.404 e. The van der Waals surface area contributed by atoms with E-state index in [0.717, 1.165) is 23.3 Å². The Morgan fingerprint density at radius 3 is 2.58 bits per heavy atom. The molecule has 160 valence electrons. The van der Waals surface area contributed by atoms with Crippen LogP contribution in [0.4, 0.5) is 13.2 Å². The van der Waals surface area contributed by atoms with Crippen LogP contribution in [0.5, 0.6) is 5.75 Å². The number of nitrogens with zero attached hydrogens (tertiary/aromatic N) is 3. The van der Waals surface area contributed by atoms with Crippen molar-refractivity contribution in [3.05, 3.63) is 52.6 Å². The standard InChI is InChI=1S/C20H12Cl2F3N3O3/c21-14-9-12(3-5-17(14)30-20(23,24)25)19-26-18(27-31-19)11-2-4-16-13(8-11)15(22)10-28(16)6-1-7-29/h2-5,7-10H,1,6H2. The van der Waals surface area contributed by atoms with Gasteiger partial charge in [0.25, 0.3) is 5.89 Å². The van der Waals surface area contributed by atoms with Crippen molar-refractivity contribution < 1.29 is 27.2 Å². The highest BCUT2D eigenvalue weighted by atomic mass is 35.5. The molecule has 0 N–H and O–H groups in total. The molecule has 4 rings (SSSR count). The monoisotopic (exact) mass is 469 g/mol. The van der Waals surface area contributed by atoms with Crippen LogP contribution < -0.4 is 4.74 Å². The topological polar surface area (TPSA) is 70.2 Å². The second kappa shape index (κ2) is 8.24. The molecule has 0 radical (unpaired) electrons. The third kappa shape index (κ3) is 4.52. The third-order valence-electron chi connectivity index (χ3n) is 4.41. The van der Waals surface area contributed by atoms with E-state index in [0.29, 0.717) is 29.1 Å². The Balaban J connectivity index is 1.63. The molecule has 4 aromatic rings. The summed E-state index contributed by atoms with van der Waals surface area (Å²) in [4.78, 5) is 14.9. The van der Waals surface area contributed by atoms with Gasteiger partial charge in [-0.2, -0.15) is 4.98 Å². The van der Waals surface area contributed by atoms with Crippen molar-refractivity contribution >= 4 is 40.4 Å². The minimum Gasteiger partial charge on any atom is -0.404 e. The molecular formula is C20H12Cl2F3N3O3. The molecule has 2 aromatic carbocycles. The van der Waals surface area contributed by atoms with E-state index in [1.54, 1.807) is 18.3 Å². The molecule has 0 unspecified atom stereocenters. The van der Waals surface area contributed by atoms with E-state index in [2.05, 4.69) is 14.9 Å². The fourth-order valence-electron chi connectivity index (χ4n) is 3.07. The zero-order valence-electron chi connectivity index (χ0n) is 15.5. The van der Waals surface area contributed by atoms with Crippen LogP contribution in [0.2, 0.25) is 10.0 Å². The molecule has 2 heterocycles. The highest BCUT2D eigenvalue weighted by Gasteiger charge is 2.32. The molecule has 31 heavy (non-hydrogen) atoms. The number of aromatic nitrogens is 3. The minimum absolute atomic E-state index is 0.0743. The molecule has 0 spiro atoms. The summed E-state index contributed by atoms with van der Waals surface area (Å²) < 4.78 is 48.1. The van der Waals surface area contributed by atoms with Crippen molar-refractivity contribution in [3.63, 3.8) is 0 Å². The molecule has 0 saturated heterocycles. The molecule has 2 aromatic heterocycles. The number of benzene rings is 2. The molecule has 0 aliphatic heterocycles. The Morgan fingerprint density at radius 2 is 1.87 bits per heavy atom. The van der Waals surface area contributed by atoms with Crippen LogP contribution in [-0.2, 0) is 11.3 Å². The zero-order valence-corrected chi connectivity index (χ0v) is 17.0. The summed E-state index contributed by atoms with van der Waals surface area (Å²) in [5.41, 5.74) is 1.81. The van der Waals surface area contributed by atoms with Crippen molar-refractivity contribution in [1.82, 2.24) is 14.7 Å². The molecule has 0 aliphatic rings. The Labute approximate surface area is 183 Å². The molecule has 11 heteroatoms. The van der Waals surface area contributed by atoms with Crippen molar-refractivity contribution in [2.75, 3.05) is 0 Å². The van der Waals surface area contributed by atoms with Crippen LogP contribution in [0.1, 0.15) is 6.42 Å². The van der Waals surface area contributed by atoms with Crippen molar-refractivity contribution in [2.45, 2.75) is 19.3 Å². The maximum Gasteiger partial charge on any atom is 0.573 e. The van der Waals surface area contributed by atoms with Gasteiger partial charge in [0.2, 0.25) is 5.82 Å². The minimum atomic E-state index is -4.85. The molecular weight excluding hydrogens is 458 g/mol. The molecule has 0 fully saturated rings. The number of halogens is 5. The Bertz CT molecular complexity index is 1270. The normalized spacial score (nSPS) is 11.8. The van der Waals surface area contributed by atoms with Gasteiger partial charge < -0.3 is 18.6 Å². The number of aryl methyl sites for hydroxylation is 1. The van der Waals surface area contributed by atoms with Gasteiger partial charge in [0, 0.05) is 41.2 Å². The van der Waals surface area contributed by atoms with Crippen molar-refractivity contribution in [2.24, 2.45) is 0 Å². The quantitative estimate of drug-likeness (QED) is 0.316. The van der Waals surface area contributed by atoms with E-state index < -0.39 is 12.1 Å². The SMILES string of the molecule is O=CCCn1cc(Cl)c2cc(-c3noc(-c4ccc(OC(F)(F)F)c(Cl)c4)n3)ccc21. The van der Waals surface area contributed by atoms with E-state index in [4.69, 9.17) is 27.7 Å². The first-order valence-electron chi connectivity index (χ1n) is 8.87. The largest absolute Gasteiger partial charge is 0.573 e. The predicted octanol–water partition coefficient (Wildman–Crippen LogP) is 6.15. The number of rotatable bonds is 6. The van der Waals surface area contributed by atoms with Crippen molar-refractivity contribution in [1.29, 1.82) is 0 Å². The van der Waals surface area contributed by atoms with Gasteiger partial charge in [0.05, 0.1) is 10.0 Å². The van der Waals surface area contributed by atoms with Crippen LogP contribution in [-0.4, -0.2) is 27.4 Å². The highest BCUT2D eigenvalue weighted by Crippen LogP contribution is 2.34. The number of alkyl halides is 3. The number of ether oxygens (including phenoxy) is 1. The lowest BCUT2D eigenvalue weighted by Gasteiger charge is -2.10. The predicted molar refractivity (Wildman–Crippen MR) is 108 cm³/mol. The number of hydrogen-bond donors (Lipinski definition) is 0. The van der Waals surface area contributed by atoms with Gasteiger partial charge in [0.1, 0.15) is 12.0 Å². The molecule has 6 nitrogen and oxygen atoms in total. The van der Waals surface area contributed by atoms with Gasteiger partial charge in [-0.1, -0.05) is 28.4 Å². The summed E-state index contributed by atoms with van der Waals surface area (Å²) in [6, 6.07) is 9.04. The summed E-state index contributed by atoms with van der Waals surface area (Å²) in [5, 5.41) is 4.95. The summed E-state index contributed by atoms with van der Waals surface area (Å²) >= 11 is 12.2. The average molecular weight is 470 g/mol. The maximum absolute atomic E-state index is 12.4. The molecule has 0 amide bonds. The Hall–Kier alpha value is -3.04. The number of aldehydes is 1. The van der Waals surface area contributed by atoms with Crippen LogP contribution in [0.25, 0.3) is 33.7 Å². The van der Waals surface area contributed by atoms with E-state index in [-0.39, 0.29) is 16.7 Å². The lowest BCUT2D eigenvalue weighted by molar-refractivity contribution is -0.274. The molecule has 0 saturated carbocycles. The lowest BCUT2D eigenvalue weighted by Crippen LogP contribution is -2.17. The van der Waals surface area contributed by atoms with E-state index in [9.17, 15) is 18.0 Å². The second-order valence-corrected chi connectivity index (χ2v) is 7.29. The average Bonchev–Trinajstić information content (AvgIpc) is 3.32. The summed E-state index contributed by atoms with van der Waals surface area (Å²) in [6.45, 7) is 0.507. The fourth-order valence-corrected chi connectivity index (χ4v) is 3.56. The summed E-state index contributed by atoms with van der Waals surface area (Å²) in [6.07, 6.45) is -1.91. The number of hydrogen-bond acceptors (Lipinski definition) is 5. The zero-order chi connectivity index (χ0) is 22.2. The van der Waals surface area contributed by atoms with Crippen LogP contribution in [0, 0.1) is 0 Å². The van der Waals surface area contributed by atoms with E-state index in [1.165, 1.54) is 12.1 Å². The van der Waals surface area contributed by atoms with Crippen molar-refractivity contribution in [3.8, 4) is 28.6 Å². The van der Waals surface area contributed by atoms with Gasteiger partial charge in [-0.05, 0) is 36.4 Å². The number of fused-ring (bicyclic) bond motifs is 1. The second-order valence-electron chi connectivity index (χ2n) is 6.47. The highest BCUT2D eigenvalue weighted by molar-refractivity contribution is 6.35. The lowest BCUT2D eigenvalue weighted by atomic mass is 10.1. The van der Waals surface area contributed by atoms with Crippen LogP contribution >= 0.6 is 23.2 Å². The first kappa shape index (κ1) is 21.2. The fraction of sp³-hybridized carbons (Fsp3) is 0.150. The summed E-state index contributed by atoms with van der Waals surface area (Å²) in [7, 11) is 0. The molecule has 0 bridgehead atoms. The molecule has 0 atom stereocenters. The number of carbonyl (C=O) groups is 1. The van der Waals surface area contributed by atoms with E-state index >= 15 is 0 Å². The van der Waals surface area contributed by atoms with Gasteiger partial charge in [-0.25, -0.2) is 0 Å².